The molecule has 0 aliphatic rings. The van der Waals surface area contributed by atoms with Gasteiger partial charge in [0.1, 0.15) is 0 Å². The number of benzene rings is 1. The lowest BCUT2D eigenvalue weighted by atomic mass is 10.1. The third-order valence-corrected chi connectivity index (χ3v) is 3.99. The van der Waals surface area contributed by atoms with Gasteiger partial charge in [-0.1, -0.05) is 28.9 Å². The smallest absolute Gasteiger partial charge is 0.0378 e. The van der Waals surface area contributed by atoms with Gasteiger partial charge in [0.25, 0.3) is 0 Å². The van der Waals surface area contributed by atoms with Crippen molar-refractivity contribution in [3.63, 3.8) is 0 Å². The minimum atomic E-state index is 0.192. The monoisotopic (exact) mass is 341 g/mol. The maximum Gasteiger partial charge on any atom is 0.0378 e. The van der Waals surface area contributed by atoms with Crippen molar-refractivity contribution in [1.82, 2.24) is 4.90 Å². The number of hydrogen-bond donors (Lipinski definition) is 1. The molecule has 0 bridgehead atoms. The van der Waals surface area contributed by atoms with Crippen molar-refractivity contribution in [2.45, 2.75) is 32.7 Å². The molecule has 0 saturated carbocycles. The van der Waals surface area contributed by atoms with E-state index in [1.165, 1.54) is 15.7 Å². The Morgan fingerprint density at radius 1 is 1.20 bits per heavy atom. The highest BCUT2D eigenvalue weighted by Gasteiger charge is 2.09. The van der Waals surface area contributed by atoms with Gasteiger partial charge in [0.2, 0.25) is 0 Å². The molecule has 0 saturated heterocycles. The minimum Gasteiger partial charge on any atom is -0.370 e. The zero-order chi connectivity index (χ0) is 15.1. The molecule has 2 N–H and O–H groups in total. The standard InChI is InChI=1S/C16H28BrN3/c1-5-8-20(10-9-19(3)4)15-7-6-14(11-13(2)18)16(17)12-15/h6-7,12-13H,5,8-11,18H2,1-4H3. The molecule has 20 heavy (non-hydrogen) atoms. The third kappa shape index (κ3) is 5.81. The largest absolute Gasteiger partial charge is 0.370 e. The van der Waals surface area contributed by atoms with E-state index in [-0.39, 0.29) is 6.04 Å². The second kappa shape index (κ2) is 8.65. The zero-order valence-corrected chi connectivity index (χ0v) is 14.8. The lowest BCUT2D eigenvalue weighted by molar-refractivity contribution is 0.413. The zero-order valence-electron chi connectivity index (χ0n) is 13.2. The molecule has 4 heteroatoms. The molecule has 3 nitrogen and oxygen atoms in total. The van der Waals surface area contributed by atoms with Crippen LogP contribution >= 0.6 is 15.9 Å². The van der Waals surface area contributed by atoms with Crippen LogP contribution in [0.3, 0.4) is 0 Å². The van der Waals surface area contributed by atoms with E-state index in [4.69, 9.17) is 5.73 Å². The van der Waals surface area contributed by atoms with Gasteiger partial charge < -0.3 is 15.5 Å². The Hall–Kier alpha value is -0.580. The normalized spacial score (nSPS) is 12.8. The van der Waals surface area contributed by atoms with Crippen LogP contribution in [0.15, 0.2) is 22.7 Å². The molecule has 0 fully saturated rings. The molecule has 1 unspecified atom stereocenters. The van der Waals surface area contributed by atoms with Gasteiger partial charge in [-0.15, -0.1) is 0 Å². The van der Waals surface area contributed by atoms with Gasteiger partial charge in [0.05, 0.1) is 0 Å². The fraction of sp³-hybridized carbons (Fsp3) is 0.625. The van der Waals surface area contributed by atoms with E-state index in [0.29, 0.717) is 0 Å². The number of nitrogens with zero attached hydrogens (tertiary/aromatic N) is 2. The van der Waals surface area contributed by atoms with Crippen molar-refractivity contribution in [3.8, 4) is 0 Å². The molecular weight excluding hydrogens is 314 g/mol. The molecule has 0 aromatic heterocycles. The lowest BCUT2D eigenvalue weighted by Gasteiger charge is -2.26. The summed E-state index contributed by atoms with van der Waals surface area (Å²) in [6, 6.07) is 6.83. The molecule has 0 amide bonds. The first-order valence-electron chi connectivity index (χ1n) is 7.37. The molecule has 0 spiro atoms. The molecule has 1 rings (SSSR count). The summed E-state index contributed by atoms with van der Waals surface area (Å²) in [4.78, 5) is 4.67. The number of hydrogen-bond acceptors (Lipinski definition) is 3. The Balaban J connectivity index is 2.83. The van der Waals surface area contributed by atoms with Crippen LogP contribution in [-0.4, -0.2) is 44.7 Å². The van der Waals surface area contributed by atoms with Crippen LogP contribution in [0.1, 0.15) is 25.8 Å². The first-order chi connectivity index (χ1) is 9.43. The van der Waals surface area contributed by atoms with E-state index >= 15 is 0 Å². The van der Waals surface area contributed by atoms with Crippen molar-refractivity contribution in [3.05, 3.63) is 28.2 Å². The van der Waals surface area contributed by atoms with E-state index in [9.17, 15) is 0 Å². The summed E-state index contributed by atoms with van der Waals surface area (Å²) in [6.45, 7) is 7.48. The van der Waals surface area contributed by atoms with Gasteiger partial charge in [-0.2, -0.15) is 0 Å². The first-order valence-corrected chi connectivity index (χ1v) is 8.17. The molecule has 1 atom stereocenters. The van der Waals surface area contributed by atoms with Gasteiger partial charge in [0, 0.05) is 35.8 Å². The van der Waals surface area contributed by atoms with Crippen molar-refractivity contribution in [2.24, 2.45) is 5.73 Å². The van der Waals surface area contributed by atoms with Crippen LogP contribution < -0.4 is 10.6 Å². The third-order valence-electron chi connectivity index (χ3n) is 3.25. The molecule has 0 heterocycles. The first kappa shape index (κ1) is 17.5. The lowest BCUT2D eigenvalue weighted by Crippen LogP contribution is -2.32. The number of nitrogens with two attached hydrogens (primary N) is 1. The average Bonchev–Trinajstić information content (AvgIpc) is 2.36. The van der Waals surface area contributed by atoms with Gasteiger partial charge in [-0.25, -0.2) is 0 Å². The Bertz CT molecular complexity index is 405. The molecule has 1 aromatic rings. The molecule has 0 aliphatic carbocycles. The summed E-state index contributed by atoms with van der Waals surface area (Å²) in [7, 11) is 4.23. The van der Waals surface area contributed by atoms with Gasteiger partial charge in [0.15, 0.2) is 0 Å². The number of rotatable bonds is 8. The van der Waals surface area contributed by atoms with Crippen molar-refractivity contribution in [2.75, 3.05) is 38.6 Å². The number of likely N-dealkylation sites (N-methyl/N-ethyl adjacent to an activating group) is 1. The van der Waals surface area contributed by atoms with Crippen molar-refractivity contribution >= 4 is 21.6 Å². The highest BCUT2D eigenvalue weighted by atomic mass is 79.9. The van der Waals surface area contributed by atoms with Crippen LogP contribution in [0, 0.1) is 0 Å². The highest BCUT2D eigenvalue weighted by molar-refractivity contribution is 9.10. The Kier molecular flexibility index (Phi) is 7.56. The summed E-state index contributed by atoms with van der Waals surface area (Å²) >= 11 is 3.68. The Morgan fingerprint density at radius 3 is 2.40 bits per heavy atom. The molecular formula is C16H28BrN3. The van der Waals surface area contributed by atoms with E-state index in [2.05, 4.69) is 64.9 Å². The SMILES string of the molecule is CCCN(CCN(C)C)c1ccc(CC(C)N)c(Br)c1. The summed E-state index contributed by atoms with van der Waals surface area (Å²) in [5.41, 5.74) is 8.45. The van der Waals surface area contributed by atoms with Gasteiger partial charge >= 0.3 is 0 Å². The van der Waals surface area contributed by atoms with Crippen LogP contribution in [0.4, 0.5) is 5.69 Å². The van der Waals surface area contributed by atoms with E-state index in [1.54, 1.807) is 0 Å². The number of anilines is 1. The Labute approximate surface area is 132 Å². The average molecular weight is 342 g/mol. The van der Waals surface area contributed by atoms with Crippen LogP contribution in [0.5, 0.6) is 0 Å². The summed E-state index contributed by atoms with van der Waals surface area (Å²) in [5.74, 6) is 0. The van der Waals surface area contributed by atoms with E-state index < -0.39 is 0 Å². The van der Waals surface area contributed by atoms with E-state index in [0.717, 1.165) is 32.5 Å². The maximum atomic E-state index is 5.88. The predicted octanol–water partition coefficient (Wildman–Crippen LogP) is 3.12. The fourth-order valence-corrected chi connectivity index (χ4v) is 2.73. The summed E-state index contributed by atoms with van der Waals surface area (Å²) in [5, 5.41) is 0. The molecule has 114 valence electrons. The van der Waals surface area contributed by atoms with Crippen molar-refractivity contribution < 1.29 is 0 Å². The summed E-state index contributed by atoms with van der Waals surface area (Å²) in [6.07, 6.45) is 2.07. The van der Waals surface area contributed by atoms with Gasteiger partial charge in [-0.3, -0.25) is 0 Å². The number of halogens is 1. The van der Waals surface area contributed by atoms with Gasteiger partial charge in [-0.05, 0) is 51.6 Å². The molecule has 0 aliphatic heterocycles. The van der Waals surface area contributed by atoms with Crippen LogP contribution in [0.25, 0.3) is 0 Å². The second-order valence-corrected chi connectivity index (χ2v) is 6.60. The maximum absolute atomic E-state index is 5.88. The van der Waals surface area contributed by atoms with Crippen LogP contribution in [-0.2, 0) is 6.42 Å². The van der Waals surface area contributed by atoms with Crippen molar-refractivity contribution in [1.29, 1.82) is 0 Å². The summed E-state index contributed by atoms with van der Waals surface area (Å²) < 4.78 is 1.17. The van der Waals surface area contributed by atoms with E-state index in [1.807, 2.05) is 6.92 Å². The highest BCUT2D eigenvalue weighted by Crippen LogP contribution is 2.25. The quantitative estimate of drug-likeness (QED) is 0.788. The predicted molar refractivity (Wildman–Crippen MR) is 92.6 cm³/mol. The topological polar surface area (TPSA) is 32.5 Å². The second-order valence-electron chi connectivity index (χ2n) is 5.75. The Morgan fingerprint density at radius 2 is 1.90 bits per heavy atom. The molecule has 1 aromatic carbocycles. The fourth-order valence-electron chi connectivity index (χ4n) is 2.21. The van der Waals surface area contributed by atoms with Crippen LogP contribution in [0.2, 0.25) is 0 Å². The molecule has 0 radical (unpaired) electrons. The minimum absolute atomic E-state index is 0.192.